The molecule has 0 bridgehead atoms. The lowest BCUT2D eigenvalue weighted by Crippen LogP contribution is -2.23. The number of para-hydroxylation sites is 1. The Balaban J connectivity index is 1.52. The summed E-state index contributed by atoms with van der Waals surface area (Å²) in [5.74, 6) is -0.157. The predicted molar refractivity (Wildman–Crippen MR) is 108 cm³/mol. The first kappa shape index (κ1) is 18.2. The van der Waals surface area contributed by atoms with Gasteiger partial charge in [-0.2, -0.15) is 0 Å². The van der Waals surface area contributed by atoms with E-state index in [1.807, 2.05) is 49.4 Å². The van der Waals surface area contributed by atoms with Crippen LogP contribution in [0, 0.1) is 6.92 Å². The Hall–Kier alpha value is -3.60. The molecule has 0 heterocycles. The molecule has 0 aliphatic rings. The molecule has 0 aliphatic heterocycles. The quantitative estimate of drug-likeness (QED) is 0.624. The third kappa shape index (κ3) is 5.44. The van der Waals surface area contributed by atoms with Gasteiger partial charge in [-0.05, 0) is 48.9 Å². The summed E-state index contributed by atoms with van der Waals surface area (Å²) in [6.45, 7) is 2.50. The normalized spacial score (nSPS) is 10.1. The largest absolute Gasteiger partial charge is 0.348 e. The van der Waals surface area contributed by atoms with Gasteiger partial charge < -0.3 is 16.0 Å². The molecule has 0 atom stereocenters. The Morgan fingerprint density at radius 3 is 1.96 bits per heavy atom. The van der Waals surface area contributed by atoms with Crippen molar-refractivity contribution in [1.82, 2.24) is 5.32 Å². The van der Waals surface area contributed by atoms with Crippen molar-refractivity contribution in [3.63, 3.8) is 0 Å². The lowest BCUT2D eigenvalue weighted by atomic mass is 10.1. The molecule has 3 N–H and O–H groups in total. The molecule has 3 amide bonds. The summed E-state index contributed by atoms with van der Waals surface area (Å²) in [5.41, 5.74) is 4.09. The fourth-order valence-electron chi connectivity index (χ4n) is 2.51. The number of benzene rings is 3. The van der Waals surface area contributed by atoms with Crippen LogP contribution in [0.2, 0.25) is 0 Å². The van der Waals surface area contributed by atoms with Gasteiger partial charge in [0.05, 0.1) is 0 Å². The molecule has 0 unspecified atom stereocenters. The molecule has 0 aliphatic carbocycles. The van der Waals surface area contributed by atoms with Crippen LogP contribution in [0.4, 0.5) is 16.2 Å². The van der Waals surface area contributed by atoms with E-state index in [2.05, 4.69) is 16.0 Å². The maximum atomic E-state index is 12.2. The molecule has 0 radical (unpaired) electrons. The van der Waals surface area contributed by atoms with E-state index in [9.17, 15) is 9.59 Å². The summed E-state index contributed by atoms with van der Waals surface area (Å²) in [6.07, 6.45) is 0. The maximum Gasteiger partial charge on any atom is 0.323 e. The molecule has 0 aromatic heterocycles. The highest BCUT2D eigenvalue weighted by atomic mass is 16.2. The van der Waals surface area contributed by atoms with E-state index in [4.69, 9.17) is 0 Å². The SMILES string of the molecule is Cc1ccc(CNC(=O)c2ccc(NC(=O)Nc3ccccc3)cc2)cc1. The highest BCUT2D eigenvalue weighted by Crippen LogP contribution is 2.12. The van der Waals surface area contributed by atoms with E-state index in [1.54, 1.807) is 36.4 Å². The van der Waals surface area contributed by atoms with E-state index in [0.29, 0.717) is 23.5 Å². The first-order chi connectivity index (χ1) is 13.1. The van der Waals surface area contributed by atoms with Gasteiger partial charge in [0.25, 0.3) is 5.91 Å². The lowest BCUT2D eigenvalue weighted by Gasteiger charge is -2.09. The first-order valence-corrected chi connectivity index (χ1v) is 8.67. The summed E-state index contributed by atoms with van der Waals surface area (Å²) >= 11 is 0. The average molecular weight is 359 g/mol. The number of anilines is 2. The van der Waals surface area contributed by atoms with Crippen LogP contribution < -0.4 is 16.0 Å². The molecule has 5 heteroatoms. The summed E-state index contributed by atoms with van der Waals surface area (Å²) in [7, 11) is 0. The minimum absolute atomic E-state index is 0.157. The van der Waals surface area contributed by atoms with Gasteiger partial charge in [0.1, 0.15) is 0 Å². The maximum absolute atomic E-state index is 12.2. The Morgan fingerprint density at radius 1 is 0.741 bits per heavy atom. The molecule has 0 saturated heterocycles. The van der Waals surface area contributed by atoms with Crippen molar-refractivity contribution in [2.75, 3.05) is 10.6 Å². The monoisotopic (exact) mass is 359 g/mol. The van der Waals surface area contributed by atoms with Crippen LogP contribution in [-0.2, 0) is 6.54 Å². The molecule has 3 aromatic rings. The zero-order valence-electron chi connectivity index (χ0n) is 15.0. The summed E-state index contributed by atoms with van der Waals surface area (Å²) in [4.78, 5) is 24.2. The van der Waals surface area contributed by atoms with Crippen LogP contribution in [0.3, 0.4) is 0 Å². The van der Waals surface area contributed by atoms with Crippen molar-refractivity contribution in [2.24, 2.45) is 0 Å². The number of carbonyl (C=O) groups excluding carboxylic acids is 2. The molecule has 136 valence electrons. The molecule has 0 saturated carbocycles. The molecule has 3 rings (SSSR count). The summed E-state index contributed by atoms with van der Waals surface area (Å²) in [5, 5.41) is 8.37. The minimum atomic E-state index is -0.335. The van der Waals surface area contributed by atoms with Gasteiger partial charge in [-0.3, -0.25) is 4.79 Å². The number of hydrogen-bond acceptors (Lipinski definition) is 2. The zero-order chi connectivity index (χ0) is 19.1. The van der Waals surface area contributed by atoms with Crippen LogP contribution in [0.1, 0.15) is 21.5 Å². The first-order valence-electron chi connectivity index (χ1n) is 8.67. The minimum Gasteiger partial charge on any atom is -0.348 e. The van der Waals surface area contributed by atoms with Gasteiger partial charge in [-0.1, -0.05) is 48.0 Å². The standard InChI is InChI=1S/C22H21N3O2/c1-16-7-9-17(10-8-16)15-23-21(26)18-11-13-20(14-12-18)25-22(27)24-19-5-3-2-4-6-19/h2-14H,15H2,1H3,(H,23,26)(H2,24,25,27). The van der Waals surface area contributed by atoms with Crippen LogP contribution in [-0.4, -0.2) is 11.9 Å². The number of amides is 3. The van der Waals surface area contributed by atoms with E-state index < -0.39 is 0 Å². The number of hydrogen-bond donors (Lipinski definition) is 3. The lowest BCUT2D eigenvalue weighted by molar-refractivity contribution is 0.0951. The van der Waals surface area contributed by atoms with E-state index in [1.165, 1.54) is 5.56 Å². The Labute approximate surface area is 158 Å². The summed E-state index contributed by atoms with van der Waals surface area (Å²) in [6, 6.07) is 23.6. The van der Waals surface area contributed by atoms with Crippen LogP contribution in [0.5, 0.6) is 0 Å². The fraction of sp³-hybridized carbons (Fsp3) is 0.0909. The second kappa shape index (κ2) is 8.67. The predicted octanol–water partition coefficient (Wildman–Crippen LogP) is 4.57. The highest BCUT2D eigenvalue weighted by molar-refractivity contribution is 6.00. The Morgan fingerprint density at radius 2 is 1.33 bits per heavy atom. The molecule has 3 aromatic carbocycles. The second-order valence-corrected chi connectivity index (χ2v) is 6.19. The van der Waals surface area contributed by atoms with Gasteiger partial charge in [-0.15, -0.1) is 0 Å². The zero-order valence-corrected chi connectivity index (χ0v) is 15.0. The fourth-order valence-corrected chi connectivity index (χ4v) is 2.51. The summed E-state index contributed by atoms with van der Waals surface area (Å²) < 4.78 is 0. The van der Waals surface area contributed by atoms with Gasteiger partial charge >= 0.3 is 6.03 Å². The number of nitrogens with one attached hydrogen (secondary N) is 3. The number of rotatable bonds is 5. The molecular weight excluding hydrogens is 338 g/mol. The van der Waals surface area contributed by atoms with E-state index in [-0.39, 0.29) is 11.9 Å². The molecule has 5 nitrogen and oxygen atoms in total. The van der Waals surface area contributed by atoms with Crippen molar-refractivity contribution in [1.29, 1.82) is 0 Å². The van der Waals surface area contributed by atoms with Crippen molar-refractivity contribution >= 4 is 23.3 Å². The Kier molecular flexibility index (Phi) is 5.84. The molecule has 0 fully saturated rings. The van der Waals surface area contributed by atoms with Crippen molar-refractivity contribution in [2.45, 2.75) is 13.5 Å². The third-order valence-corrected chi connectivity index (χ3v) is 4.01. The smallest absolute Gasteiger partial charge is 0.323 e. The number of urea groups is 1. The van der Waals surface area contributed by atoms with E-state index in [0.717, 1.165) is 5.56 Å². The molecule has 0 spiro atoms. The van der Waals surface area contributed by atoms with Crippen molar-refractivity contribution in [3.05, 3.63) is 95.6 Å². The molecular formula is C22H21N3O2. The number of aryl methyl sites for hydroxylation is 1. The topological polar surface area (TPSA) is 70.2 Å². The van der Waals surface area contributed by atoms with Gasteiger partial charge in [0.15, 0.2) is 0 Å². The van der Waals surface area contributed by atoms with Gasteiger partial charge in [0, 0.05) is 23.5 Å². The second-order valence-electron chi connectivity index (χ2n) is 6.19. The van der Waals surface area contributed by atoms with E-state index >= 15 is 0 Å². The third-order valence-electron chi connectivity index (χ3n) is 4.01. The Bertz CT molecular complexity index is 905. The van der Waals surface area contributed by atoms with Gasteiger partial charge in [0.2, 0.25) is 0 Å². The average Bonchev–Trinajstić information content (AvgIpc) is 2.68. The van der Waals surface area contributed by atoms with Crippen LogP contribution >= 0.6 is 0 Å². The number of carbonyl (C=O) groups is 2. The van der Waals surface area contributed by atoms with Gasteiger partial charge in [-0.25, -0.2) is 4.79 Å². The van der Waals surface area contributed by atoms with Crippen LogP contribution in [0.25, 0.3) is 0 Å². The van der Waals surface area contributed by atoms with Crippen molar-refractivity contribution in [3.8, 4) is 0 Å². The molecule has 27 heavy (non-hydrogen) atoms. The van der Waals surface area contributed by atoms with Crippen molar-refractivity contribution < 1.29 is 9.59 Å². The highest BCUT2D eigenvalue weighted by Gasteiger charge is 2.07. The van der Waals surface area contributed by atoms with Crippen LogP contribution in [0.15, 0.2) is 78.9 Å².